The summed E-state index contributed by atoms with van der Waals surface area (Å²) in [7, 11) is 0. The highest BCUT2D eigenvalue weighted by molar-refractivity contribution is 7.96. The van der Waals surface area contributed by atoms with Gasteiger partial charge in [-0.25, -0.2) is 9.59 Å². The van der Waals surface area contributed by atoms with E-state index < -0.39 is 36.1 Å². The van der Waals surface area contributed by atoms with Crippen LogP contribution in [0, 0.1) is 0 Å². The Morgan fingerprint density at radius 3 is 1.25 bits per heavy atom. The van der Waals surface area contributed by atoms with Crippen LogP contribution in [-0.2, 0) is 19.1 Å². The van der Waals surface area contributed by atoms with Crippen molar-refractivity contribution in [1.29, 1.82) is 0 Å². The third-order valence-corrected chi connectivity index (χ3v) is 12.5. The van der Waals surface area contributed by atoms with Crippen LogP contribution >= 0.6 is 6.89 Å². The van der Waals surface area contributed by atoms with Gasteiger partial charge in [-0.05, 0) is 76.5 Å². The highest BCUT2D eigenvalue weighted by Crippen LogP contribution is 2.50. The highest BCUT2D eigenvalue weighted by Gasteiger charge is 2.45. The normalized spacial score (nSPS) is 12.9. The molecule has 0 aliphatic heterocycles. The second-order valence-electron chi connectivity index (χ2n) is 13.9. The van der Waals surface area contributed by atoms with Gasteiger partial charge in [-0.3, -0.25) is 0 Å². The molecule has 0 N–H and O–H groups in total. The number of esters is 2. The number of hydrogen-bond donors (Lipinski definition) is 0. The van der Waals surface area contributed by atoms with Gasteiger partial charge >= 0.3 is 11.9 Å². The van der Waals surface area contributed by atoms with Crippen LogP contribution in [0.1, 0.15) is 47.6 Å². The second kappa shape index (κ2) is 13.0. The molecule has 6 aromatic rings. The number of carbonyl (C=O) groups excluding carboxylic acids is 2. The summed E-state index contributed by atoms with van der Waals surface area (Å²) in [6, 6.07) is 45.1. The van der Waals surface area contributed by atoms with Crippen molar-refractivity contribution < 1.29 is 19.1 Å². The molecule has 6 heteroatoms. The van der Waals surface area contributed by atoms with Crippen molar-refractivity contribution in [3.63, 3.8) is 0 Å². The van der Waals surface area contributed by atoms with Gasteiger partial charge < -0.3 is 14.0 Å². The van der Waals surface area contributed by atoms with Crippen LogP contribution in [0.2, 0.25) is 0 Å². The minimum absolute atomic E-state index is 0.349. The fraction of sp³-hybridized carbons (Fsp3) is 0.214. The van der Waals surface area contributed by atoms with E-state index >= 15 is 9.59 Å². The zero-order valence-corrected chi connectivity index (χ0v) is 29.3. The lowest BCUT2D eigenvalue weighted by Crippen LogP contribution is -2.45. The van der Waals surface area contributed by atoms with Crippen LogP contribution < -0.4 is 15.9 Å². The Kier molecular flexibility index (Phi) is 8.94. The molecule has 0 radical (unpaired) electrons. The molecule has 1 aromatic heterocycles. The van der Waals surface area contributed by atoms with Crippen LogP contribution in [0.15, 0.2) is 140 Å². The minimum Gasteiger partial charge on any atom is -0.458 e. The van der Waals surface area contributed by atoms with Gasteiger partial charge in [-0.2, -0.15) is 0 Å². The minimum atomic E-state index is -3.16. The maximum Gasteiger partial charge on any atom is 0.338 e. The predicted molar refractivity (Wildman–Crippen MR) is 200 cm³/mol. The molecule has 5 nitrogen and oxygen atoms in total. The molecule has 48 heavy (non-hydrogen) atoms. The molecule has 0 fully saturated rings. The Morgan fingerprint density at radius 2 is 0.875 bits per heavy atom. The molecule has 1 unspecified atom stereocenters. The fourth-order valence-corrected chi connectivity index (χ4v) is 11.0. The molecular formula is C42H42NO4P. The summed E-state index contributed by atoms with van der Waals surface area (Å²) >= 11 is 0. The van der Waals surface area contributed by atoms with Gasteiger partial charge in [0, 0.05) is 10.8 Å². The number of hydrogen-bond acceptors (Lipinski definition) is 4. The van der Waals surface area contributed by atoms with Gasteiger partial charge in [-0.15, -0.1) is 0 Å². The summed E-state index contributed by atoms with van der Waals surface area (Å²) in [5.41, 5.74) is -0.0345. The zero-order valence-electron chi connectivity index (χ0n) is 28.4. The van der Waals surface area contributed by atoms with Gasteiger partial charge in [0.2, 0.25) is 0 Å². The molecule has 0 saturated heterocycles. The lowest BCUT2D eigenvalue weighted by Gasteiger charge is -2.37. The van der Waals surface area contributed by atoms with Crippen LogP contribution in [0.25, 0.3) is 21.8 Å². The molecule has 0 aliphatic carbocycles. The number of fused-ring (bicyclic) bond motifs is 3. The Balaban J connectivity index is 1.93. The average molecular weight is 656 g/mol. The van der Waals surface area contributed by atoms with E-state index in [0.717, 1.165) is 37.7 Å². The quantitative estimate of drug-likeness (QED) is 0.129. The Bertz CT molecular complexity index is 1980. The number of aromatic nitrogens is 1. The predicted octanol–water partition coefficient (Wildman–Crippen LogP) is 8.19. The first kappa shape index (κ1) is 33.1. The first-order chi connectivity index (χ1) is 22.9. The summed E-state index contributed by atoms with van der Waals surface area (Å²) in [5, 5.41) is 5.09. The average Bonchev–Trinajstić information content (AvgIpc) is 3.38. The molecule has 0 aliphatic rings. The molecule has 1 atom stereocenters. The first-order valence-corrected chi connectivity index (χ1v) is 18.1. The third-order valence-electron chi connectivity index (χ3n) is 8.16. The summed E-state index contributed by atoms with van der Waals surface area (Å²) in [4.78, 5) is 30.5. The molecular weight excluding hydrogens is 613 g/mol. The molecule has 6 rings (SSSR count). The molecule has 244 valence electrons. The summed E-state index contributed by atoms with van der Waals surface area (Å²) < 4.78 is 14.7. The smallest absolute Gasteiger partial charge is 0.338 e. The van der Waals surface area contributed by atoms with Gasteiger partial charge in [0.05, 0.1) is 16.3 Å². The van der Waals surface area contributed by atoms with E-state index in [2.05, 4.69) is 48.5 Å². The van der Waals surface area contributed by atoms with Crippen molar-refractivity contribution in [2.24, 2.45) is 0 Å². The largest absolute Gasteiger partial charge is 0.458 e. The van der Waals surface area contributed by atoms with Crippen LogP contribution in [0.4, 0.5) is 0 Å². The van der Waals surface area contributed by atoms with Gasteiger partial charge in [0.25, 0.3) is 0 Å². The van der Waals surface area contributed by atoms with Crippen molar-refractivity contribution in [3.05, 3.63) is 140 Å². The Labute approximate surface area is 283 Å². The maximum atomic E-state index is 15.4. The van der Waals surface area contributed by atoms with Crippen molar-refractivity contribution in [2.75, 3.05) is 0 Å². The Morgan fingerprint density at radius 1 is 0.521 bits per heavy atom. The van der Waals surface area contributed by atoms with Crippen LogP contribution in [-0.4, -0.2) is 33.0 Å². The van der Waals surface area contributed by atoms with Gasteiger partial charge in [0.1, 0.15) is 11.2 Å². The van der Waals surface area contributed by atoms with E-state index in [1.165, 1.54) is 0 Å². The lowest BCUT2D eigenvalue weighted by atomic mass is 10.1. The number of rotatable bonds is 7. The number of nitrogens with zero attached hydrogens (tertiary/aromatic N) is 1. The highest BCUT2D eigenvalue weighted by atomic mass is 31.2. The maximum absolute atomic E-state index is 15.4. The molecule has 0 saturated carbocycles. The monoisotopic (exact) mass is 655 g/mol. The Hall–Kier alpha value is -4.86. The summed E-state index contributed by atoms with van der Waals surface area (Å²) in [5.74, 6) is -1.06. The SMILES string of the molecule is CC(C)(C)OC(=O)C(C(C(=O)OC(C)(C)C)n1c2ccccc2c2ccccc21)=P(c1ccccc1)(c1ccccc1)c1ccccc1. The van der Waals surface area contributed by atoms with E-state index in [0.29, 0.717) is 5.29 Å². The molecule has 0 spiro atoms. The number of para-hydroxylation sites is 2. The van der Waals surface area contributed by atoms with Crippen LogP contribution in [0.3, 0.4) is 0 Å². The van der Waals surface area contributed by atoms with E-state index in [1.807, 2.05) is 137 Å². The second-order valence-corrected chi connectivity index (χ2v) is 17.3. The fourth-order valence-electron chi connectivity index (χ4n) is 6.51. The summed E-state index contributed by atoms with van der Waals surface area (Å²) in [6.45, 7) is 7.99. The topological polar surface area (TPSA) is 57.5 Å². The third kappa shape index (κ3) is 6.23. The van der Waals surface area contributed by atoms with Gasteiger partial charge in [-0.1, -0.05) is 127 Å². The van der Waals surface area contributed by atoms with Crippen molar-refractivity contribution in [3.8, 4) is 0 Å². The first-order valence-electron chi connectivity index (χ1n) is 16.3. The van der Waals surface area contributed by atoms with E-state index in [-0.39, 0.29) is 0 Å². The van der Waals surface area contributed by atoms with Gasteiger partial charge in [0.15, 0.2) is 6.04 Å². The molecule has 5 aromatic carbocycles. The zero-order chi connectivity index (χ0) is 34.1. The van der Waals surface area contributed by atoms with Crippen LogP contribution in [0.5, 0.6) is 0 Å². The van der Waals surface area contributed by atoms with Crippen molar-refractivity contribution in [2.45, 2.75) is 58.8 Å². The lowest BCUT2D eigenvalue weighted by molar-refractivity contribution is -0.158. The number of carbonyl (C=O) groups is 2. The van der Waals surface area contributed by atoms with Crippen molar-refractivity contribution in [1.82, 2.24) is 4.57 Å². The van der Waals surface area contributed by atoms with E-state index in [9.17, 15) is 0 Å². The summed E-state index contributed by atoms with van der Waals surface area (Å²) in [6.07, 6.45) is 0. The molecule has 0 bridgehead atoms. The molecule has 1 heterocycles. The standard InChI is InChI=1S/C42H42NO4P/c1-41(2,3)46-39(44)37(43-35-28-18-16-26-33(35)34-27-17-19-29-36(34)43)38(40(45)47-42(4,5)6)48(30-20-10-7-11-21-30,31-22-12-8-13-23-31)32-24-14-9-15-25-32/h7-29,37H,1-6H3. The van der Waals surface area contributed by atoms with Crippen molar-refractivity contribution >= 4 is 61.8 Å². The molecule has 0 amide bonds. The number of ether oxygens (including phenoxy) is 2. The number of benzene rings is 5. The van der Waals surface area contributed by atoms with E-state index in [4.69, 9.17) is 9.47 Å². The van der Waals surface area contributed by atoms with E-state index in [1.54, 1.807) is 0 Å².